The third kappa shape index (κ3) is 4.41. The number of aromatic nitrogens is 1. The van der Waals surface area contributed by atoms with Gasteiger partial charge in [0, 0.05) is 35.9 Å². The Morgan fingerprint density at radius 3 is 2.56 bits per heavy atom. The molecule has 34 heavy (non-hydrogen) atoms. The van der Waals surface area contributed by atoms with Gasteiger partial charge in [-0.05, 0) is 35.7 Å². The van der Waals surface area contributed by atoms with Gasteiger partial charge in [-0.3, -0.25) is 4.98 Å². The summed E-state index contributed by atoms with van der Waals surface area (Å²) in [5, 5.41) is 12.6. The van der Waals surface area contributed by atoms with E-state index < -0.39 is 17.8 Å². The molecule has 0 aliphatic carbocycles. The molecule has 180 valence electrons. The van der Waals surface area contributed by atoms with Crippen LogP contribution in [0.25, 0.3) is 10.9 Å². The quantitative estimate of drug-likeness (QED) is 0.405. The summed E-state index contributed by atoms with van der Waals surface area (Å²) in [6.07, 6.45) is 0.648. The summed E-state index contributed by atoms with van der Waals surface area (Å²) in [6, 6.07) is 15.2. The normalized spacial score (nSPS) is 27.2. The Balaban J connectivity index is 0.00000274. The van der Waals surface area contributed by atoms with Gasteiger partial charge in [0.15, 0.2) is 0 Å². The number of rotatable bonds is 5. The molecule has 1 unspecified atom stereocenters. The van der Waals surface area contributed by atoms with E-state index in [0.717, 1.165) is 60.1 Å². The Labute approximate surface area is 208 Å². The average Bonchev–Trinajstić information content (AvgIpc) is 2.83. The third-order valence-corrected chi connectivity index (χ3v) is 7.82. The predicted molar refractivity (Wildman–Crippen MR) is 122 cm³/mol. The van der Waals surface area contributed by atoms with Gasteiger partial charge >= 0.3 is 6.18 Å². The number of quaternary nitrogens is 1. The van der Waals surface area contributed by atoms with E-state index >= 15 is 0 Å². The molecule has 0 radical (unpaired) electrons. The van der Waals surface area contributed by atoms with Crippen molar-refractivity contribution in [1.82, 2.24) is 4.98 Å². The molecule has 3 nitrogen and oxygen atoms in total. The summed E-state index contributed by atoms with van der Waals surface area (Å²) < 4.78 is 39.8. The van der Waals surface area contributed by atoms with Gasteiger partial charge in [0.2, 0.25) is 0 Å². The third-order valence-electron chi connectivity index (χ3n) is 7.82. The highest BCUT2D eigenvalue weighted by atomic mass is 79.9. The van der Waals surface area contributed by atoms with Gasteiger partial charge in [-0.2, -0.15) is 13.2 Å². The molecule has 1 N–H and O–H groups in total. The molecule has 0 amide bonds. The Kier molecular flexibility index (Phi) is 6.91. The number of halogens is 4. The molecule has 5 atom stereocenters. The lowest BCUT2D eigenvalue weighted by Crippen LogP contribution is -3.00. The number of aliphatic hydroxyl groups excluding tert-OH is 1. The summed E-state index contributed by atoms with van der Waals surface area (Å²) in [4.78, 5) is 4.43. The second-order valence-corrected chi connectivity index (χ2v) is 9.59. The van der Waals surface area contributed by atoms with Crippen molar-refractivity contribution in [2.24, 2.45) is 11.8 Å². The van der Waals surface area contributed by atoms with Gasteiger partial charge in [-0.15, -0.1) is 6.58 Å². The molecule has 3 saturated heterocycles. The zero-order valence-electron chi connectivity index (χ0n) is 18.8. The minimum Gasteiger partial charge on any atom is -1.00 e. The maximum atomic E-state index is 13.1. The van der Waals surface area contributed by atoms with Crippen molar-refractivity contribution in [3.05, 3.63) is 90.1 Å². The molecule has 3 aliphatic heterocycles. The van der Waals surface area contributed by atoms with Crippen molar-refractivity contribution in [3.8, 4) is 0 Å². The summed E-state index contributed by atoms with van der Waals surface area (Å²) in [5.41, 5.74) is 1.96. The molecule has 1 aromatic heterocycles. The maximum absolute atomic E-state index is 13.1. The van der Waals surface area contributed by atoms with Gasteiger partial charge in [0.05, 0.1) is 24.2 Å². The van der Waals surface area contributed by atoms with E-state index in [4.69, 9.17) is 0 Å². The molecule has 3 aromatic rings. The topological polar surface area (TPSA) is 33.1 Å². The second kappa shape index (κ2) is 9.44. The van der Waals surface area contributed by atoms with Gasteiger partial charge in [0.25, 0.3) is 0 Å². The zero-order valence-corrected chi connectivity index (χ0v) is 20.3. The fraction of sp³-hybridized carbons (Fsp3) is 0.370. The number of alkyl halides is 3. The van der Waals surface area contributed by atoms with E-state index in [-0.39, 0.29) is 23.0 Å². The standard InChI is InChI=1S/C27H28F3N2O.BrH/c1-2-19-17-32(16-18-7-9-21(10-8-18)27(28,29)30)14-12-20(19)15-25(32)26(33)23-11-13-31-24-6-4-3-5-22(23)24;/h2-11,13,19-20,25-26,33H,1,12,14-17H2;1H/q+1;/p-1/t19-,20-,25+,26-,32?;/m1./s1. The first-order valence-electron chi connectivity index (χ1n) is 11.5. The molecule has 2 aromatic carbocycles. The second-order valence-electron chi connectivity index (χ2n) is 9.59. The summed E-state index contributed by atoms with van der Waals surface area (Å²) in [5.74, 6) is 0.827. The fourth-order valence-electron chi connectivity index (χ4n) is 6.13. The van der Waals surface area contributed by atoms with Gasteiger partial charge in [-0.25, -0.2) is 0 Å². The van der Waals surface area contributed by atoms with E-state index in [9.17, 15) is 18.3 Å². The smallest absolute Gasteiger partial charge is 0.416 e. The first-order valence-corrected chi connectivity index (χ1v) is 11.5. The highest BCUT2D eigenvalue weighted by Gasteiger charge is 2.54. The van der Waals surface area contributed by atoms with E-state index in [1.165, 1.54) is 0 Å². The number of aliphatic hydroxyl groups is 1. The highest BCUT2D eigenvalue weighted by molar-refractivity contribution is 5.82. The van der Waals surface area contributed by atoms with Gasteiger partial charge in [-0.1, -0.05) is 36.4 Å². The molecule has 3 aliphatic rings. The molecule has 0 spiro atoms. The van der Waals surface area contributed by atoms with Crippen molar-refractivity contribution >= 4 is 10.9 Å². The first-order chi connectivity index (χ1) is 15.8. The number of hydrogen-bond donors (Lipinski definition) is 1. The van der Waals surface area contributed by atoms with E-state index in [2.05, 4.69) is 11.6 Å². The SMILES string of the molecule is C=C[C@@H]1C[N+]2(Cc3ccc(C(F)(F)F)cc3)CC[C@@H]1C[C@H]2[C@H](O)c1ccnc2ccccc12.[Br-]. The van der Waals surface area contributed by atoms with Gasteiger partial charge in [0.1, 0.15) is 18.7 Å². The molecule has 3 fully saturated rings. The lowest BCUT2D eigenvalue weighted by molar-refractivity contribution is -0.984. The highest BCUT2D eigenvalue weighted by Crippen LogP contribution is 2.48. The minimum absolute atomic E-state index is 0. The Morgan fingerprint density at radius 2 is 1.85 bits per heavy atom. The van der Waals surface area contributed by atoms with Crippen LogP contribution in [0.3, 0.4) is 0 Å². The molecule has 2 bridgehead atoms. The van der Waals surface area contributed by atoms with Crippen LogP contribution in [0.5, 0.6) is 0 Å². The monoisotopic (exact) mass is 532 g/mol. The number of fused-ring (bicyclic) bond motifs is 4. The molecule has 4 heterocycles. The number of benzene rings is 2. The van der Waals surface area contributed by atoms with Crippen molar-refractivity contribution < 1.29 is 39.7 Å². The Morgan fingerprint density at radius 1 is 1.12 bits per heavy atom. The summed E-state index contributed by atoms with van der Waals surface area (Å²) >= 11 is 0. The zero-order chi connectivity index (χ0) is 23.2. The maximum Gasteiger partial charge on any atom is 0.416 e. The van der Waals surface area contributed by atoms with Crippen LogP contribution in [0.15, 0.2) is 73.4 Å². The number of piperidine rings is 3. The van der Waals surface area contributed by atoms with E-state index in [0.29, 0.717) is 22.9 Å². The van der Waals surface area contributed by atoms with Crippen LogP contribution in [-0.4, -0.2) is 33.7 Å². The van der Waals surface area contributed by atoms with Crippen LogP contribution in [0.4, 0.5) is 13.2 Å². The van der Waals surface area contributed by atoms with Crippen LogP contribution in [-0.2, 0) is 12.7 Å². The Bertz CT molecular complexity index is 1160. The van der Waals surface area contributed by atoms with Crippen molar-refractivity contribution in [3.63, 3.8) is 0 Å². The van der Waals surface area contributed by atoms with E-state index in [1.54, 1.807) is 18.3 Å². The minimum atomic E-state index is -4.34. The van der Waals surface area contributed by atoms with E-state index in [1.807, 2.05) is 36.4 Å². The van der Waals surface area contributed by atoms with Crippen LogP contribution in [0, 0.1) is 11.8 Å². The van der Waals surface area contributed by atoms with Crippen LogP contribution >= 0.6 is 0 Å². The number of hydrogen-bond acceptors (Lipinski definition) is 2. The summed E-state index contributed by atoms with van der Waals surface area (Å²) in [6.45, 7) is 6.39. The van der Waals surface area contributed by atoms with Crippen LogP contribution < -0.4 is 17.0 Å². The summed E-state index contributed by atoms with van der Waals surface area (Å²) in [7, 11) is 0. The molecule has 7 heteroatoms. The average molecular weight is 533 g/mol. The fourth-order valence-corrected chi connectivity index (χ4v) is 6.13. The number of para-hydroxylation sites is 1. The number of pyridine rings is 1. The molecular weight excluding hydrogens is 505 g/mol. The predicted octanol–water partition coefficient (Wildman–Crippen LogP) is 2.90. The van der Waals surface area contributed by atoms with Crippen LogP contribution in [0.2, 0.25) is 0 Å². The lowest BCUT2D eigenvalue weighted by Gasteiger charge is -2.58. The molecule has 0 saturated carbocycles. The largest absolute Gasteiger partial charge is 1.00 e. The van der Waals surface area contributed by atoms with Crippen LogP contribution in [0.1, 0.15) is 35.6 Å². The Hall–Kier alpha value is -2.22. The lowest BCUT2D eigenvalue weighted by atomic mass is 9.71. The molecule has 6 rings (SSSR count). The van der Waals surface area contributed by atoms with Crippen molar-refractivity contribution in [1.29, 1.82) is 0 Å². The molecular formula is C27H28BrF3N2O. The van der Waals surface area contributed by atoms with Crippen molar-refractivity contribution in [2.45, 2.75) is 37.7 Å². The first kappa shape index (κ1) is 24.9. The van der Waals surface area contributed by atoms with Crippen molar-refractivity contribution in [2.75, 3.05) is 13.1 Å². The van der Waals surface area contributed by atoms with Gasteiger partial charge < -0.3 is 26.6 Å². The number of nitrogens with zero attached hydrogens (tertiary/aromatic N) is 2.